The number of nitrogens with one attached hydrogen (secondary N) is 1. The standard InChI is InChI=1S/C18H17N3O6S2/c1-25-18(22)17-16(6-7-28-17)29(23,24)20-12-8-19-21(9-12)10-13-11-26-14-4-2-3-5-15(14)27-13/h2-9,13,20H,10-11H2,1H3/t13-/m0/s1. The van der Waals surface area contributed by atoms with Crippen LogP contribution in [0.15, 0.2) is 53.0 Å². The number of benzene rings is 1. The summed E-state index contributed by atoms with van der Waals surface area (Å²) in [6.45, 7) is 0.733. The minimum Gasteiger partial charge on any atom is -0.486 e. The van der Waals surface area contributed by atoms with Gasteiger partial charge in [0.2, 0.25) is 0 Å². The van der Waals surface area contributed by atoms with Gasteiger partial charge in [-0.3, -0.25) is 9.40 Å². The molecule has 1 aromatic carbocycles. The number of anilines is 1. The lowest BCUT2D eigenvalue weighted by Gasteiger charge is -2.26. The third-order valence-electron chi connectivity index (χ3n) is 4.13. The number of thiophene rings is 1. The van der Waals surface area contributed by atoms with Gasteiger partial charge in [0.25, 0.3) is 10.0 Å². The van der Waals surface area contributed by atoms with Crippen LogP contribution in [0.3, 0.4) is 0 Å². The van der Waals surface area contributed by atoms with Crippen LogP contribution >= 0.6 is 11.3 Å². The summed E-state index contributed by atoms with van der Waals surface area (Å²) >= 11 is 0.998. The maximum absolute atomic E-state index is 12.6. The fraction of sp³-hybridized carbons (Fsp3) is 0.222. The number of nitrogens with zero attached hydrogens (tertiary/aromatic N) is 2. The molecule has 1 aliphatic heterocycles. The van der Waals surface area contributed by atoms with Gasteiger partial charge in [-0.25, -0.2) is 13.2 Å². The Bertz CT molecular complexity index is 1140. The van der Waals surface area contributed by atoms with Crippen LogP contribution in [0.5, 0.6) is 11.5 Å². The number of fused-ring (bicyclic) bond motifs is 1. The summed E-state index contributed by atoms with van der Waals surface area (Å²) in [6.07, 6.45) is 2.67. The number of carbonyl (C=O) groups is 1. The van der Waals surface area contributed by atoms with E-state index in [2.05, 4.69) is 14.6 Å². The van der Waals surface area contributed by atoms with Crippen LogP contribution in [0.25, 0.3) is 0 Å². The maximum atomic E-state index is 12.6. The topological polar surface area (TPSA) is 109 Å². The third-order valence-corrected chi connectivity index (χ3v) is 6.58. The summed E-state index contributed by atoms with van der Waals surface area (Å²) in [5.74, 6) is 0.644. The molecule has 3 heterocycles. The Labute approximate surface area is 170 Å². The molecule has 0 saturated heterocycles. The highest BCUT2D eigenvalue weighted by atomic mass is 32.2. The Kier molecular flexibility index (Phi) is 5.16. The number of carbonyl (C=O) groups excluding carboxylic acids is 1. The Hall–Kier alpha value is -3.05. The van der Waals surface area contributed by atoms with E-state index >= 15 is 0 Å². The minimum atomic E-state index is -3.97. The Morgan fingerprint density at radius 2 is 2.14 bits per heavy atom. The number of para-hydroxylation sites is 2. The third kappa shape index (κ3) is 4.05. The van der Waals surface area contributed by atoms with Crippen LogP contribution in [0.4, 0.5) is 5.69 Å². The molecule has 9 nitrogen and oxygen atoms in total. The average Bonchev–Trinajstić information content (AvgIpc) is 3.37. The average molecular weight is 435 g/mol. The first-order valence-electron chi connectivity index (χ1n) is 8.56. The summed E-state index contributed by atoms with van der Waals surface area (Å²) < 4.78 is 45.5. The smallest absolute Gasteiger partial charge is 0.349 e. The van der Waals surface area contributed by atoms with E-state index in [1.54, 1.807) is 10.9 Å². The van der Waals surface area contributed by atoms with Crippen molar-refractivity contribution in [2.75, 3.05) is 18.4 Å². The number of hydrogen-bond donors (Lipinski definition) is 1. The van der Waals surface area contributed by atoms with Crippen LogP contribution in [-0.2, 0) is 21.3 Å². The molecule has 0 radical (unpaired) electrons. The second kappa shape index (κ2) is 7.76. The van der Waals surface area contributed by atoms with Crippen molar-refractivity contribution in [1.82, 2.24) is 9.78 Å². The van der Waals surface area contributed by atoms with Gasteiger partial charge in [-0.1, -0.05) is 12.1 Å². The van der Waals surface area contributed by atoms with Crippen molar-refractivity contribution in [2.24, 2.45) is 0 Å². The monoisotopic (exact) mass is 435 g/mol. The molecule has 3 aromatic rings. The lowest BCUT2D eigenvalue weighted by atomic mass is 10.2. The molecule has 29 heavy (non-hydrogen) atoms. The molecule has 0 unspecified atom stereocenters. The number of rotatable bonds is 6. The number of hydrogen-bond acceptors (Lipinski definition) is 8. The van der Waals surface area contributed by atoms with Gasteiger partial charge >= 0.3 is 5.97 Å². The molecule has 1 N–H and O–H groups in total. The fourth-order valence-electron chi connectivity index (χ4n) is 2.84. The number of methoxy groups -OCH3 is 1. The molecule has 0 fully saturated rings. The van der Waals surface area contributed by atoms with Crippen molar-refractivity contribution in [2.45, 2.75) is 17.5 Å². The van der Waals surface area contributed by atoms with Crippen molar-refractivity contribution >= 4 is 33.0 Å². The summed E-state index contributed by atoms with van der Waals surface area (Å²) in [7, 11) is -2.77. The van der Waals surface area contributed by atoms with Crippen LogP contribution in [0.1, 0.15) is 9.67 Å². The molecule has 11 heteroatoms. The van der Waals surface area contributed by atoms with Gasteiger partial charge in [0.05, 0.1) is 25.5 Å². The molecule has 0 aliphatic carbocycles. The van der Waals surface area contributed by atoms with Gasteiger partial charge in [0.1, 0.15) is 16.4 Å². The zero-order chi connectivity index (χ0) is 20.4. The fourth-order valence-corrected chi connectivity index (χ4v) is 5.20. The lowest BCUT2D eigenvalue weighted by Crippen LogP contribution is -2.33. The lowest BCUT2D eigenvalue weighted by molar-refractivity contribution is 0.0602. The molecule has 1 aliphatic rings. The maximum Gasteiger partial charge on any atom is 0.349 e. The van der Waals surface area contributed by atoms with E-state index in [0.29, 0.717) is 24.7 Å². The van der Waals surface area contributed by atoms with E-state index in [1.165, 1.54) is 24.8 Å². The van der Waals surface area contributed by atoms with Crippen LogP contribution in [-0.4, -0.2) is 44.0 Å². The SMILES string of the molecule is COC(=O)c1sccc1S(=O)(=O)Nc1cnn(C[C@H]2COc3ccccc3O2)c1. The molecular weight excluding hydrogens is 418 g/mol. The highest BCUT2D eigenvalue weighted by Gasteiger charge is 2.26. The largest absolute Gasteiger partial charge is 0.486 e. The Balaban J connectivity index is 1.45. The second-order valence-electron chi connectivity index (χ2n) is 6.16. The Morgan fingerprint density at radius 3 is 2.93 bits per heavy atom. The molecule has 0 saturated carbocycles. The molecule has 152 valence electrons. The zero-order valence-corrected chi connectivity index (χ0v) is 16.9. The van der Waals surface area contributed by atoms with Crippen molar-refractivity contribution < 1.29 is 27.4 Å². The van der Waals surface area contributed by atoms with E-state index < -0.39 is 16.0 Å². The van der Waals surface area contributed by atoms with Gasteiger partial charge in [-0.05, 0) is 23.6 Å². The predicted molar refractivity (Wildman–Crippen MR) is 105 cm³/mol. The summed E-state index contributed by atoms with van der Waals surface area (Å²) in [5, 5.41) is 5.69. The van der Waals surface area contributed by atoms with Gasteiger partial charge in [-0.15, -0.1) is 11.3 Å². The highest BCUT2D eigenvalue weighted by molar-refractivity contribution is 7.93. The first-order valence-corrected chi connectivity index (χ1v) is 10.9. The first-order chi connectivity index (χ1) is 14.0. The first kappa shape index (κ1) is 19.3. The second-order valence-corrected chi connectivity index (χ2v) is 8.73. The van der Waals surface area contributed by atoms with E-state index in [4.69, 9.17) is 9.47 Å². The predicted octanol–water partition coefficient (Wildman–Crippen LogP) is 2.37. The number of sulfonamides is 1. The minimum absolute atomic E-state index is 0.0128. The van der Waals surface area contributed by atoms with Crippen molar-refractivity contribution in [1.29, 1.82) is 0 Å². The summed E-state index contributed by atoms with van der Waals surface area (Å²) in [4.78, 5) is 11.6. The van der Waals surface area contributed by atoms with E-state index in [1.807, 2.05) is 24.3 Å². The van der Waals surface area contributed by atoms with E-state index in [9.17, 15) is 13.2 Å². The van der Waals surface area contributed by atoms with Crippen molar-refractivity contribution in [3.05, 3.63) is 53.0 Å². The molecule has 0 amide bonds. The van der Waals surface area contributed by atoms with Crippen molar-refractivity contribution in [3.8, 4) is 11.5 Å². The summed E-state index contributed by atoms with van der Waals surface area (Å²) in [5.41, 5.74) is 0.268. The quantitative estimate of drug-likeness (QED) is 0.592. The molecule has 4 rings (SSSR count). The highest BCUT2D eigenvalue weighted by Crippen LogP contribution is 2.31. The number of aromatic nitrogens is 2. The summed E-state index contributed by atoms with van der Waals surface area (Å²) in [6, 6.07) is 8.74. The normalized spacial score (nSPS) is 15.7. The molecule has 0 bridgehead atoms. The van der Waals surface area contributed by atoms with Gasteiger partial charge in [0.15, 0.2) is 17.6 Å². The Morgan fingerprint density at radius 1 is 1.34 bits per heavy atom. The van der Waals surface area contributed by atoms with E-state index in [0.717, 1.165) is 11.3 Å². The molecule has 2 aromatic heterocycles. The zero-order valence-electron chi connectivity index (χ0n) is 15.3. The van der Waals surface area contributed by atoms with Crippen LogP contribution in [0.2, 0.25) is 0 Å². The van der Waals surface area contributed by atoms with Crippen molar-refractivity contribution in [3.63, 3.8) is 0 Å². The van der Waals surface area contributed by atoms with Gasteiger partial charge < -0.3 is 14.2 Å². The molecule has 1 atom stereocenters. The van der Waals surface area contributed by atoms with Gasteiger partial charge in [0, 0.05) is 6.20 Å². The number of ether oxygens (including phenoxy) is 3. The number of esters is 1. The molecular formula is C18H17N3O6S2. The van der Waals surface area contributed by atoms with E-state index in [-0.39, 0.29) is 21.6 Å². The van der Waals surface area contributed by atoms with Gasteiger partial charge in [-0.2, -0.15) is 5.10 Å². The van der Waals surface area contributed by atoms with Crippen LogP contribution < -0.4 is 14.2 Å². The van der Waals surface area contributed by atoms with Crippen LogP contribution in [0, 0.1) is 0 Å². The molecule has 0 spiro atoms.